The lowest BCUT2D eigenvalue weighted by Crippen LogP contribution is -2.42. The molecular formula is C7H24ClNO3Si2. The van der Waals surface area contributed by atoms with Gasteiger partial charge in [-0.2, -0.15) is 0 Å². The first-order valence-electron chi connectivity index (χ1n) is 4.40. The summed E-state index contributed by atoms with van der Waals surface area (Å²) in [7, 11) is 2.95. The van der Waals surface area contributed by atoms with Gasteiger partial charge in [0, 0.05) is 36.9 Å². The molecule has 0 saturated carbocycles. The Balaban J connectivity index is -0.000000605. The monoisotopic (exact) mass is 261 g/mol. The van der Waals surface area contributed by atoms with Gasteiger partial charge >= 0.3 is 8.80 Å². The third-order valence-electron chi connectivity index (χ3n) is 2.02. The predicted octanol–water partition coefficient (Wildman–Crippen LogP) is 1.47. The lowest BCUT2D eigenvalue weighted by atomic mass is 10.6. The van der Waals surface area contributed by atoms with Gasteiger partial charge in [0.25, 0.3) is 0 Å². The van der Waals surface area contributed by atoms with E-state index in [2.05, 4.69) is 6.55 Å². The second-order valence-corrected chi connectivity index (χ2v) is 7.55. The van der Waals surface area contributed by atoms with Crippen molar-refractivity contribution in [2.75, 3.05) is 21.3 Å². The van der Waals surface area contributed by atoms with Gasteiger partial charge < -0.3 is 19.4 Å². The van der Waals surface area contributed by atoms with Crippen molar-refractivity contribution in [3.05, 3.63) is 0 Å². The van der Waals surface area contributed by atoms with Crippen LogP contribution in [0, 0.1) is 0 Å². The molecular weight excluding hydrogens is 238 g/mol. The van der Waals surface area contributed by atoms with E-state index in [1.165, 1.54) is 12.5 Å². The highest BCUT2D eigenvalue weighted by Gasteiger charge is 2.36. The SMILES string of the molecule is CO[Si](CCC[SiH2]C)(OC)OC.Cl.N. The zero-order valence-corrected chi connectivity index (χ0v) is 12.9. The summed E-state index contributed by atoms with van der Waals surface area (Å²) in [4.78, 5) is 0. The number of rotatable bonds is 7. The molecule has 0 aromatic rings. The summed E-state index contributed by atoms with van der Waals surface area (Å²) < 4.78 is 15.9. The average molecular weight is 262 g/mol. The Morgan fingerprint density at radius 1 is 1.07 bits per heavy atom. The molecule has 90 valence electrons. The molecule has 0 amide bonds. The molecule has 0 saturated heterocycles. The topological polar surface area (TPSA) is 62.7 Å². The molecule has 0 heterocycles. The quantitative estimate of drug-likeness (QED) is 0.557. The molecule has 4 nitrogen and oxygen atoms in total. The van der Waals surface area contributed by atoms with E-state index >= 15 is 0 Å². The van der Waals surface area contributed by atoms with Crippen LogP contribution in [0.2, 0.25) is 18.6 Å². The van der Waals surface area contributed by atoms with Gasteiger partial charge in [-0.15, -0.1) is 12.4 Å². The zero-order valence-electron chi connectivity index (χ0n) is 9.67. The fraction of sp³-hybridized carbons (Fsp3) is 1.00. The van der Waals surface area contributed by atoms with Gasteiger partial charge in [-0.3, -0.25) is 0 Å². The molecule has 0 unspecified atom stereocenters. The van der Waals surface area contributed by atoms with Crippen LogP contribution < -0.4 is 6.15 Å². The molecule has 0 spiro atoms. The summed E-state index contributed by atoms with van der Waals surface area (Å²) in [5.74, 6) is 0. The average Bonchev–Trinajstić information content (AvgIpc) is 2.14. The Morgan fingerprint density at radius 2 is 1.50 bits per heavy atom. The van der Waals surface area contributed by atoms with Gasteiger partial charge in [-0.05, 0) is 0 Å². The molecule has 0 aromatic carbocycles. The molecule has 0 radical (unpaired) electrons. The van der Waals surface area contributed by atoms with E-state index in [-0.39, 0.29) is 28.1 Å². The number of hydrogen-bond donors (Lipinski definition) is 1. The summed E-state index contributed by atoms with van der Waals surface area (Å²) in [5.41, 5.74) is 0. The first-order valence-corrected chi connectivity index (χ1v) is 8.74. The van der Waals surface area contributed by atoms with Crippen LogP contribution in [0.15, 0.2) is 0 Å². The minimum Gasteiger partial charge on any atom is -0.377 e. The van der Waals surface area contributed by atoms with Gasteiger partial charge in [0.05, 0.1) is 0 Å². The maximum atomic E-state index is 5.29. The van der Waals surface area contributed by atoms with E-state index in [0.717, 1.165) is 6.04 Å². The maximum Gasteiger partial charge on any atom is 0.500 e. The van der Waals surface area contributed by atoms with Crippen LogP contribution in [-0.2, 0) is 13.3 Å². The standard InChI is InChI=1S/C7H20O3Si2.ClH.H3N/c1-8-12(9-2,10-3)7-5-6-11-4;;/h5-7,11H2,1-4H3;1H;1H3. The molecule has 0 aliphatic heterocycles. The van der Waals surface area contributed by atoms with Crippen molar-refractivity contribution in [2.24, 2.45) is 0 Å². The Morgan fingerprint density at radius 3 is 1.79 bits per heavy atom. The molecule has 0 atom stereocenters. The molecule has 0 aliphatic carbocycles. The van der Waals surface area contributed by atoms with Gasteiger partial charge in [0.15, 0.2) is 0 Å². The second kappa shape index (κ2) is 11.6. The lowest BCUT2D eigenvalue weighted by Gasteiger charge is -2.23. The first-order chi connectivity index (χ1) is 5.74. The molecule has 0 aliphatic rings. The third kappa shape index (κ3) is 6.94. The zero-order chi connectivity index (χ0) is 9.45. The van der Waals surface area contributed by atoms with E-state index in [0.29, 0.717) is 0 Å². The summed E-state index contributed by atoms with van der Waals surface area (Å²) in [5, 5.41) is 0. The highest BCUT2D eigenvalue weighted by Crippen LogP contribution is 2.15. The Kier molecular flexibility index (Phi) is 16.7. The molecule has 14 heavy (non-hydrogen) atoms. The Labute approximate surface area is 96.9 Å². The van der Waals surface area contributed by atoms with Crippen molar-refractivity contribution in [1.29, 1.82) is 0 Å². The van der Waals surface area contributed by atoms with Crippen molar-refractivity contribution in [2.45, 2.75) is 25.1 Å². The van der Waals surface area contributed by atoms with E-state index in [9.17, 15) is 0 Å². The fourth-order valence-corrected chi connectivity index (χ4v) is 4.19. The van der Waals surface area contributed by atoms with E-state index < -0.39 is 8.80 Å². The second-order valence-electron chi connectivity index (χ2n) is 2.75. The molecule has 0 rings (SSSR count). The molecule has 7 heteroatoms. The molecule has 0 bridgehead atoms. The van der Waals surface area contributed by atoms with Crippen molar-refractivity contribution in [3.8, 4) is 0 Å². The third-order valence-corrected chi connectivity index (χ3v) is 6.06. The van der Waals surface area contributed by atoms with Crippen molar-refractivity contribution < 1.29 is 13.3 Å². The number of halogens is 1. The maximum absolute atomic E-state index is 5.29. The summed E-state index contributed by atoms with van der Waals surface area (Å²) in [6.07, 6.45) is 1.18. The van der Waals surface area contributed by atoms with Crippen LogP contribution in [0.25, 0.3) is 0 Å². The van der Waals surface area contributed by atoms with Crippen LogP contribution in [0.1, 0.15) is 6.42 Å². The lowest BCUT2D eigenvalue weighted by molar-refractivity contribution is 0.123. The summed E-state index contributed by atoms with van der Waals surface area (Å²) >= 11 is 0. The Hall–Kier alpha value is 0.564. The normalized spacial score (nSPS) is 11.1. The van der Waals surface area contributed by atoms with Crippen LogP contribution in [0.3, 0.4) is 0 Å². The van der Waals surface area contributed by atoms with E-state index in [1.54, 1.807) is 21.3 Å². The van der Waals surface area contributed by atoms with Crippen molar-refractivity contribution in [3.63, 3.8) is 0 Å². The van der Waals surface area contributed by atoms with Crippen LogP contribution in [-0.4, -0.2) is 39.7 Å². The van der Waals surface area contributed by atoms with Gasteiger partial charge in [0.1, 0.15) is 0 Å². The van der Waals surface area contributed by atoms with Crippen LogP contribution >= 0.6 is 12.4 Å². The molecule has 0 fully saturated rings. The molecule has 0 aromatic heterocycles. The van der Waals surface area contributed by atoms with Crippen LogP contribution in [0.5, 0.6) is 0 Å². The summed E-state index contributed by atoms with van der Waals surface area (Å²) in [6, 6.07) is 2.31. The predicted molar refractivity (Wildman–Crippen MR) is 67.7 cm³/mol. The van der Waals surface area contributed by atoms with Gasteiger partial charge in [0.2, 0.25) is 0 Å². The van der Waals surface area contributed by atoms with Gasteiger partial charge in [-0.1, -0.05) is 19.0 Å². The number of hydrogen-bond acceptors (Lipinski definition) is 4. The highest BCUT2D eigenvalue weighted by atomic mass is 35.5. The highest BCUT2D eigenvalue weighted by molar-refractivity contribution is 6.60. The smallest absolute Gasteiger partial charge is 0.377 e. The van der Waals surface area contributed by atoms with Crippen LogP contribution in [0.4, 0.5) is 0 Å². The van der Waals surface area contributed by atoms with Crippen molar-refractivity contribution in [1.82, 2.24) is 6.15 Å². The van der Waals surface area contributed by atoms with E-state index in [1.807, 2.05) is 0 Å². The van der Waals surface area contributed by atoms with E-state index in [4.69, 9.17) is 13.3 Å². The Bertz CT molecular complexity index is 109. The largest absolute Gasteiger partial charge is 0.500 e. The summed E-state index contributed by atoms with van der Waals surface area (Å²) in [6.45, 7) is 2.32. The first kappa shape index (κ1) is 20.0. The fourth-order valence-electron chi connectivity index (χ4n) is 1.15. The minimum absolute atomic E-state index is 0. The molecule has 3 N–H and O–H groups in total. The minimum atomic E-state index is -2.23. The van der Waals surface area contributed by atoms with Gasteiger partial charge in [-0.25, -0.2) is 0 Å². The van der Waals surface area contributed by atoms with Crippen molar-refractivity contribution >= 4 is 30.7 Å².